The molecule has 0 spiro atoms. The molecule has 29 rings (SSSR count). The van der Waals surface area contributed by atoms with E-state index in [1.165, 1.54) is 51.5 Å². The van der Waals surface area contributed by atoms with Gasteiger partial charge in [-0.15, -0.1) is 0 Å². The smallest absolute Gasteiger partial charge is 0.166 e. The summed E-state index contributed by atoms with van der Waals surface area (Å²) in [5, 5.41) is 18.3. The Morgan fingerprint density at radius 2 is 0.393 bits per heavy atom. The quantitative estimate of drug-likeness (QED) is 0.0984. The minimum atomic E-state index is 0.524. The summed E-state index contributed by atoms with van der Waals surface area (Å²) in [7, 11) is 0. The number of hydrogen-bond acceptors (Lipinski definition) is 19. The zero-order chi connectivity index (χ0) is 95.8. The third-order valence-corrected chi connectivity index (χ3v) is 28.6. The fourth-order valence-corrected chi connectivity index (χ4v) is 22.0. The number of benzene rings is 20. The molecule has 0 fully saturated rings. The summed E-state index contributed by atoms with van der Waals surface area (Å²) in [5.74, 6) is 3.02. The maximum absolute atomic E-state index is 5.39. The topological polar surface area (TPSA) is 206 Å². The average Bonchev–Trinajstić information content (AvgIpc) is 1.71. The van der Waals surface area contributed by atoms with Gasteiger partial charge in [0.1, 0.15) is 33.1 Å². The molecule has 0 N–H and O–H groups in total. The Morgan fingerprint density at radius 1 is 0.138 bits per heavy atom. The van der Waals surface area contributed by atoms with Gasteiger partial charge >= 0.3 is 0 Å². The van der Waals surface area contributed by atoms with Gasteiger partial charge in [-0.1, -0.05) is 388 Å². The normalized spacial score (nSPS) is 11.6. The van der Waals surface area contributed by atoms with Crippen LogP contribution in [0.2, 0.25) is 0 Å². The first kappa shape index (κ1) is 85.3. The Hall–Kier alpha value is -18.9. The number of hydrogen-bond donors (Lipinski definition) is 0. The predicted molar refractivity (Wildman–Crippen MR) is 596 cm³/mol. The maximum Gasteiger partial charge on any atom is 0.166 e. The highest BCUT2D eigenvalue weighted by Crippen LogP contribution is 2.48. The lowest BCUT2D eigenvalue weighted by Gasteiger charge is -2.15. The van der Waals surface area contributed by atoms with Crippen molar-refractivity contribution in [3.05, 3.63) is 449 Å². The van der Waals surface area contributed by atoms with E-state index in [1.807, 2.05) is 152 Å². The lowest BCUT2D eigenvalue weighted by atomic mass is 9.95. The molecule has 676 valence electrons. The van der Waals surface area contributed by atoms with Crippen molar-refractivity contribution in [2.45, 2.75) is 0 Å². The minimum Gasteiger partial charge on any atom is -0.247 e. The Kier molecular flexibility index (Phi) is 21.4. The van der Waals surface area contributed by atoms with Crippen molar-refractivity contribution in [1.82, 2.24) is 76.1 Å². The third-order valence-electron chi connectivity index (χ3n) is 27.1. The van der Waals surface area contributed by atoms with Crippen molar-refractivity contribution < 1.29 is 0 Å². The lowest BCUT2D eigenvalue weighted by molar-refractivity contribution is 1.08. The molecule has 29 aromatic rings. The van der Waals surface area contributed by atoms with Crippen molar-refractivity contribution in [2.75, 3.05) is 0 Å². The van der Waals surface area contributed by atoms with Gasteiger partial charge in [-0.3, -0.25) is 0 Å². The van der Waals surface area contributed by atoms with Crippen LogP contribution in [-0.4, -0.2) is 76.1 Å². The standard InChI is InChI=1S/C50H28N6S.C41H25N5S.C35H21N5S/c1-2-14-29(15-3-1)45-41-28-42(46-47(56-57-55-46)44(41)38-24-12-13-25-43(38)51-45)50-53-48(39-26-30-16-4-6-18-32(30)34-20-8-10-22-36(34)39)52-49(54-50)40-27-31-17-5-7-19-33(31)35-21-9-11-23-37(35)40;1-4-12-26(13-5-1)27-20-22-30(23-21-27)41-43-35(28-14-6-2-7-15-28)25-36(44-41)32-24-33-37(40-39(32)45-47-46-40)31-18-10-11-19-34(31)42-38(33)29-16-8-3-9-17-29;1-4-12-22(13-5-1)29-21-30(38-35(37-29)24-16-8-3-9-17-24)26-20-27-31(34-33(26)39-41-40-34)25-18-10-11-19-28(25)36-32(27)23-14-6-2-7-15-23/h1-28H;1-25H;1-21H. The molecule has 0 atom stereocenters. The molecule has 16 nitrogen and oxygen atoms in total. The van der Waals surface area contributed by atoms with E-state index < -0.39 is 0 Å². The number of nitrogens with zero attached hydrogens (tertiary/aromatic N) is 16. The van der Waals surface area contributed by atoms with Crippen LogP contribution < -0.4 is 0 Å². The van der Waals surface area contributed by atoms with Crippen molar-refractivity contribution in [1.29, 1.82) is 0 Å². The molecule has 0 bridgehead atoms. The van der Waals surface area contributed by atoms with Crippen LogP contribution >= 0.6 is 35.2 Å². The molecule has 0 radical (unpaired) electrons. The van der Waals surface area contributed by atoms with E-state index in [4.69, 9.17) is 76.1 Å². The van der Waals surface area contributed by atoms with Crippen LogP contribution in [0.1, 0.15) is 0 Å². The molecule has 0 saturated heterocycles. The predicted octanol–water partition coefficient (Wildman–Crippen LogP) is 32.2. The molecule has 9 heterocycles. The molecule has 20 aromatic carbocycles. The van der Waals surface area contributed by atoms with Crippen LogP contribution in [0, 0.1) is 0 Å². The van der Waals surface area contributed by atoms with Gasteiger partial charge in [0, 0.05) is 115 Å². The number of fused-ring (bicyclic) bond motifs is 21. The van der Waals surface area contributed by atoms with Crippen LogP contribution in [-0.2, 0) is 0 Å². The van der Waals surface area contributed by atoms with E-state index in [9.17, 15) is 0 Å². The zero-order valence-corrected chi connectivity index (χ0v) is 79.6. The van der Waals surface area contributed by atoms with Crippen LogP contribution in [0.3, 0.4) is 0 Å². The van der Waals surface area contributed by atoms with Gasteiger partial charge < -0.3 is 0 Å². The average molecular weight is 1910 g/mol. The summed E-state index contributed by atoms with van der Waals surface area (Å²) in [6, 6.07) is 154. The Balaban J connectivity index is 0.000000110. The van der Waals surface area contributed by atoms with Crippen LogP contribution in [0.15, 0.2) is 449 Å². The molecular formula is C126H74N16S3. The van der Waals surface area contributed by atoms with Gasteiger partial charge in [-0.2, -0.15) is 26.2 Å². The Labute approximate surface area is 841 Å². The summed E-state index contributed by atoms with van der Waals surface area (Å²) < 4.78 is 29.3. The number of pyridine rings is 3. The zero-order valence-electron chi connectivity index (χ0n) is 77.1. The van der Waals surface area contributed by atoms with E-state index in [0.717, 1.165) is 243 Å². The highest BCUT2D eigenvalue weighted by atomic mass is 32.1. The first-order chi connectivity index (χ1) is 71.9. The highest BCUT2D eigenvalue weighted by Gasteiger charge is 2.29. The van der Waals surface area contributed by atoms with E-state index in [-0.39, 0.29) is 0 Å². The van der Waals surface area contributed by atoms with E-state index in [2.05, 4.69) is 297 Å². The van der Waals surface area contributed by atoms with Gasteiger partial charge in [0.2, 0.25) is 0 Å². The fraction of sp³-hybridized carbons (Fsp3) is 0. The van der Waals surface area contributed by atoms with Gasteiger partial charge in [0.15, 0.2) is 29.1 Å². The first-order valence-corrected chi connectivity index (χ1v) is 49.9. The summed E-state index contributed by atoms with van der Waals surface area (Å²) >= 11 is 3.65. The van der Waals surface area contributed by atoms with Gasteiger partial charge in [0.05, 0.1) is 91.6 Å². The molecule has 145 heavy (non-hydrogen) atoms. The molecule has 0 amide bonds. The van der Waals surface area contributed by atoms with Crippen LogP contribution in [0.5, 0.6) is 0 Å². The second-order valence-electron chi connectivity index (χ2n) is 35.6. The van der Waals surface area contributed by atoms with E-state index in [0.29, 0.717) is 29.1 Å². The number of para-hydroxylation sites is 3. The van der Waals surface area contributed by atoms with Crippen LogP contribution in [0.25, 0.3) is 288 Å². The second kappa shape index (κ2) is 36.4. The van der Waals surface area contributed by atoms with Gasteiger partial charge in [-0.05, 0) is 115 Å². The monoisotopic (exact) mass is 1910 g/mol. The molecule has 19 heteroatoms. The number of aromatic nitrogens is 16. The Morgan fingerprint density at radius 3 is 0.766 bits per heavy atom. The minimum absolute atomic E-state index is 0.524. The first-order valence-electron chi connectivity index (χ1n) is 47.7. The largest absolute Gasteiger partial charge is 0.247 e. The molecule has 0 aliphatic heterocycles. The molecule has 9 aromatic heterocycles. The maximum atomic E-state index is 5.39. The van der Waals surface area contributed by atoms with Crippen molar-refractivity contribution in [2.24, 2.45) is 0 Å². The summed E-state index contributed by atoms with van der Waals surface area (Å²) in [6.45, 7) is 0. The molecular weight excluding hydrogens is 1830 g/mol. The second-order valence-corrected chi connectivity index (χ2v) is 37.2. The SMILES string of the molecule is c1ccc(-c2cc(-c3cc4c(-c5ccccc5)nc5ccccc5c4c4nsnc34)nc(-c3ccccc3)n2)cc1.c1ccc(-c2ccc(-c3nc(-c4ccccc4)cc(-c4cc5c(-c6ccccc6)nc6ccccc6c5c5nsnc45)n3)cc2)cc1.c1ccc(-c2nc3ccccc3c3c2cc(-c2nc(-c4cc5ccccc5c5ccccc45)nc(-c4cc5ccccc5c5ccccc45)n2)c2nsnc23)cc1. The molecule has 0 unspecified atom stereocenters. The summed E-state index contributed by atoms with van der Waals surface area (Å²) in [5.41, 5.74) is 27.5. The molecule has 0 aliphatic rings. The Bertz CT molecular complexity index is 9960. The third kappa shape index (κ3) is 15.5. The van der Waals surface area contributed by atoms with Gasteiger partial charge in [0.25, 0.3) is 0 Å². The summed E-state index contributed by atoms with van der Waals surface area (Å²) in [4.78, 5) is 52.1. The lowest BCUT2D eigenvalue weighted by Crippen LogP contribution is -2.02. The van der Waals surface area contributed by atoms with Crippen molar-refractivity contribution >= 4 is 176 Å². The van der Waals surface area contributed by atoms with Crippen LogP contribution in [0.4, 0.5) is 0 Å². The van der Waals surface area contributed by atoms with Crippen molar-refractivity contribution in [3.63, 3.8) is 0 Å². The van der Waals surface area contributed by atoms with E-state index in [1.54, 1.807) is 0 Å². The van der Waals surface area contributed by atoms with E-state index >= 15 is 0 Å². The molecule has 0 saturated carbocycles. The van der Waals surface area contributed by atoms with Crippen molar-refractivity contribution in [3.8, 4) is 147 Å². The fourth-order valence-electron chi connectivity index (χ4n) is 20.3. The number of rotatable bonds is 13. The molecule has 0 aliphatic carbocycles. The highest BCUT2D eigenvalue weighted by molar-refractivity contribution is 7.00. The summed E-state index contributed by atoms with van der Waals surface area (Å²) in [6.07, 6.45) is 0. The van der Waals surface area contributed by atoms with Gasteiger partial charge in [-0.25, -0.2) is 49.8 Å².